The number of hydrogen-bond donors (Lipinski definition) is 1. The lowest BCUT2D eigenvalue weighted by Gasteiger charge is -2.24. The molecule has 1 atom stereocenters. The van der Waals surface area contributed by atoms with Gasteiger partial charge in [-0.05, 0) is 49.1 Å². The number of hydrogen-bond acceptors (Lipinski definition) is 2. The van der Waals surface area contributed by atoms with Crippen molar-refractivity contribution in [1.29, 1.82) is 0 Å². The fourth-order valence-corrected chi connectivity index (χ4v) is 2.28. The largest absolute Gasteiger partial charge is 0.497 e. The molecule has 0 aromatic heterocycles. The number of ether oxygens (including phenoxy) is 1. The second-order valence-electron chi connectivity index (χ2n) is 4.54. The van der Waals surface area contributed by atoms with Gasteiger partial charge in [-0.1, -0.05) is 0 Å². The molecule has 2 nitrogen and oxygen atoms in total. The molecule has 1 aliphatic rings. The molecular weight excluding hydrogens is 243 g/mol. The lowest BCUT2D eigenvalue weighted by molar-refractivity contribution is -0.137. The molecule has 1 saturated heterocycles. The number of benzene rings is 1. The summed E-state index contributed by atoms with van der Waals surface area (Å²) in [4.78, 5) is 0. The van der Waals surface area contributed by atoms with Crippen LogP contribution in [0.3, 0.4) is 0 Å². The third kappa shape index (κ3) is 2.96. The first-order valence-electron chi connectivity index (χ1n) is 5.97. The third-order valence-corrected chi connectivity index (χ3v) is 3.26. The second kappa shape index (κ2) is 5.18. The maximum Gasteiger partial charge on any atom is 0.416 e. The van der Waals surface area contributed by atoms with Crippen LogP contribution in [0.2, 0.25) is 0 Å². The van der Waals surface area contributed by atoms with Crippen molar-refractivity contribution in [2.24, 2.45) is 0 Å². The molecule has 0 amide bonds. The van der Waals surface area contributed by atoms with E-state index < -0.39 is 11.7 Å². The SMILES string of the molecule is COc1cc(C2CCCNC2)cc(C(F)(F)F)c1. The highest BCUT2D eigenvalue weighted by Gasteiger charge is 2.32. The summed E-state index contributed by atoms with van der Waals surface area (Å²) in [5, 5.41) is 3.21. The van der Waals surface area contributed by atoms with Crippen LogP contribution in [-0.2, 0) is 6.18 Å². The van der Waals surface area contributed by atoms with E-state index in [0.29, 0.717) is 5.56 Å². The van der Waals surface area contributed by atoms with E-state index in [9.17, 15) is 13.2 Å². The quantitative estimate of drug-likeness (QED) is 0.880. The molecule has 18 heavy (non-hydrogen) atoms. The zero-order valence-electron chi connectivity index (χ0n) is 10.2. The van der Waals surface area contributed by atoms with Crippen molar-refractivity contribution in [3.8, 4) is 5.75 Å². The van der Waals surface area contributed by atoms with Crippen molar-refractivity contribution >= 4 is 0 Å². The molecule has 100 valence electrons. The summed E-state index contributed by atoms with van der Waals surface area (Å²) in [5.74, 6) is 0.403. The van der Waals surface area contributed by atoms with Crippen LogP contribution in [-0.4, -0.2) is 20.2 Å². The molecule has 0 bridgehead atoms. The van der Waals surface area contributed by atoms with Crippen molar-refractivity contribution < 1.29 is 17.9 Å². The Kier molecular flexibility index (Phi) is 3.80. The number of rotatable bonds is 2. The van der Waals surface area contributed by atoms with E-state index >= 15 is 0 Å². The molecule has 1 fully saturated rings. The average molecular weight is 259 g/mol. The number of alkyl halides is 3. The van der Waals surface area contributed by atoms with Crippen LogP contribution in [0.15, 0.2) is 18.2 Å². The number of nitrogens with one attached hydrogen (secondary N) is 1. The first-order valence-corrected chi connectivity index (χ1v) is 5.97. The predicted octanol–water partition coefficient (Wildman–Crippen LogP) is 3.18. The molecule has 1 heterocycles. The summed E-state index contributed by atoms with van der Waals surface area (Å²) in [5.41, 5.74) is 0.0660. The van der Waals surface area contributed by atoms with E-state index in [-0.39, 0.29) is 11.7 Å². The molecule has 1 N–H and O–H groups in total. The van der Waals surface area contributed by atoms with Crippen LogP contribution >= 0.6 is 0 Å². The van der Waals surface area contributed by atoms with Crippen molar-refractivity contribution in [3.05, 3.63) is 29.3 Å². The molecule has 2 rings (SSSR count). The Morgan fingerprint density at radius 1 is 1.28 bits per heavy atom. The summed E-state index contributed by atoms with van der Waals surface area (Å²) in [7, 11) is 1.39. The van der Waals surface area contributed by atoms with Gasteiger partial charge in [-0.15, -0.1) is 0 Å². The summed E-state index contributed by atoms with van der Waals surface area (Å²) in [6.45, 7) is 1.66. The zero-order chi connectivity index (χ0) is 13.2. The number of piperidine rings is 1. The van der Waals surface area contributed by atoms with Gasteiger partial charge < -0.3 is 10.1 Å². The molecule has 0 saturated carbocycles. The van der Waals surface area contributed by atoms with Crippen LogP contribution in [0.25, 0.3) is 0 Å². The van der Waals surface area contributed by atoms with E-state index in [1.54, 1.807) is 6.07 Å². The van der Waals surface area contributed by atoms with Gasteiger partial charge in [0.15, 0.2) is 0 Å². The summed E-state index contributed by atoms with van der Waals surface area (Å²) < 4.78 is 43.3. The fraction of sp³-hybridized carbons (Fsp3) is 0.538. The second-order valence-corrected chi connectivity index (χ2v) is 4.54. The Morgan fingerprint density at radius 2 is 2.06 bits per heavy atom. The average Bonchev–Trinajstić information content (AvgIpc) is 2.38. The van der Waals surface area contributed by atoms with Gasteiger partial charge in [0.05, 0.1) is 12.7 Å². The van der Waals surface area contributed by atoms with Crippen LogP contribution < -0.4 is 10.1 Å². The smallest absolute Gasteiger partial charge is 0.416 e. The molecule has 1 unspecified atom stereocenters. The molecule has 1 aromatic carbocycles. The molecule has 0 radical (unpaired) electrons. The Labute approximate surface area is 104 Å². The Morgan fingerprint density at radius 3 is 2.61 bits per heavy atom. The first kappa shape index (κ1) is 13.2. The minimum Gasteiger partial charge on any atom is -0.497 e. The highest BCUT2D eigenvalue weighted by molar-refractivity contribution is 5.38. The highest BCUT2D eigenvalue weighted by atomic mass is 19.4. The minimum absolute atomic E-state index is 0.134. The van der Waals surface area contributed by atoms with Gasteiger partial charge in [-0.25, -0.2) is 0 Å². The van der Waals surface area contributed by atoms with E-state index in [1.807, 2.05) is 0 Å². The summed E-state index contributed by atoms with van der Waals surface area (Å²) >= 11 is 0. The summed E-state index contributed by atoms with van der Waals surface area (Å²) in [6, 6.07) is 3.98. The van der Waals surface area contributed by atoms with Crippen LogP contribution in [0, 0.1) is 0 Å². The molecule has 0 aliphatic carbocycles. The van der Waals surface area contributed by atoms with Crippen LogP contribution in [0.1, 0.15) is 29.9 Å². The van der Waals surface area contributed by atoms with E-state index in [1.165, 1.54) is 13.2 Å². The third-order valence-electron chi connectivity index (χ3n) is 3.26. The summed E-state index contributed by atoms with van der Waals surface area (Å²) in [6.07, 6.45) is -2.42. The van der Waals surface area contributed by atoms with Crippen LogP contribution in [0.5, 0.6) is 5.75 Å². The molecular formula is C13H16F3NO. The van der Waals surface area contributed by atoms with Crippen molar-refractivity contribution in [2.45, 2.75) is 24.9 Å². The molecule has 5 heteroatoms. The first-order chi connectivity index (χ1) is 8.50. The van der Waals surface area contributed by atoms with Crippen molar-refractivity contribution in [1.82, 2.24) is 5.32 Å². The lowest BCUT2D eigenvalue weighted by Crippen LogP contribution is -2.28. The maximum absolute atomic E-state index is 12.8. The van der Waals surface area contributed by atoms with Gasteiger partial charge in [-0.3, -0.25) is 0 Å². The minimum atomic E-state index is -4.33. The van der Waals surface area contributed by atoms with Gasteiger partial charge in [0.1, 0.15) is 5.75 Å². The Bertz CT molecular complexity index is 411. The highest BCUT2D eigenvalue weighted by Crippen LogP contribution is 2.35. The molecule has 1 aliphatic heterocycles. The topological polar surface area (TPSA) is 21.3 Å². The van der Waals surface area contributed by atoms with Crippen molar-refractivity contribution in [3.63, 3.8) is 0 Å². The standard InChI is InChI=1S/C13H16F3NO/c1-18-12-6-10(9-3-2-4-17-8-9)5-11(7-12)13(14,15)16/h5-7,9,17H,2-4,8H2,1H3. The maximum atomic E-state index is 12.8. The fourth-order valence-electron chi connectivity index (χ4n) is 2.28. The number of methoxy groups -OCH3 is 1. The van der Waals surface area contributed by atoms with Gasteiger partial charge in [0, 0.05) is 6.54 Å². The van der Waals surface area contributed by atoms with E-state index in [4.69, 9.17) is 4.74 Å². The van der Waals surface area contributed by atoms with Crippen molar-refractivity contribution in [2.75, 3.05) is 20.2 Å². The molecule has 1 aromatic rings. The van der Waals surface area contributed by atoms with Gasteiger partial charge in [-0.2, -0.15) is 13.2 Å². The van der Waals surface area contributed by atoms with E-state index in [0.717, 1.165) is 32.0 Å². The van der Waals surface area contributed by atoms with Gasteiger partial charge in [0.25, 0.3) is 0 Å². The predicted molar refractivity (Wildman–Crippen MR) is 62.8 cm³/mol. The normalized spacial score (nSPS) is 20.8. The molecule has 0 spiro atoms. The van der Waals surface area contributed by atoms with Gasteiger partial charge >= 0.3 is 6.18 Å². The lowest BCUT2D eigenvalue weighted by atomic mass is 9.90. The van der Waals surface area contributed by atoms with E-state index in [2.05, 4.69) is 5.32 Å². The number of halogens is 3. The van der Waals surface area contributed by atoms with Crippen LogP contribution in [0.4, 0.5) is 13.2 Å². The van der Waals surface area contributed by atoms with Gasteiger partial charge in [0.2, 0.25) is 0 Å². The monoisotopic (exact) mass is 259 g/mol. The zero-order valence-corrected chi connectivity index (χ0v) is 10.2. The Hall–Kier alpha value is -1.23. The Balaban J connectivity index is 2.34.